The zero-order valence-electron chi connectivity index (χ0n) is 15.2. The van der Waals surface area contributed by atoms with Gasteiger partial charge in [-0.2, -0.15) is 0 Å². The van der Waals surface area contributed by atoms with Crippen LogP contribution in [0.25, 0.3) is 0 Å². The molecular formula is C21H19FN2O3S. The molecule has 0 aliphatic carbocycles. The number of anilines is 2. The first-order chi connectivity index (χ1) is 13.4. The van der Waals surface area contributed by atoms with Gasteiger partial charge in [0.25, 0.3) is 15.9 Å². The number of hydrogen-bond donors (Lipinski definition) is 1. The van der Waals surface area contributed by atoms with Crippen LogP contribution in [0.5, 0.6) is 0 Å². The van der Waals surface area contributed by atoms with Crippen LogP contribution in [0.1, 0.15) is 17.3 Å². The molecule has 3 rings (SSSR count). The maximum atomic E-state index is 13.2. The Bertz CT molecular complexity index is 1070. The molecule has 0 radical (unpaired) electrons. The zero-order chi connectivity index (χ0) is 20.1. The van der Waals surface area contributed by atoms with Crippen LogP contribution in [-0.2, 0) is 10.0 Å². The lowest BCUT2D eigenvalue weighted by Gasteiger charge is -2.23. The number of halogens is 1. The van der Waals surface area contributed by atoms with Gasteiger partial charge in [0.2, 0.25) is 0 Å². The van der Waals surface area contributed by atoms with E-state index in [0.29, 0.717) is 11.4 Å². The quantitative estimate of drug-likeness (QED) is 0.673. The van der Waals surface area contributed by atoms with E-state index >= 15 is 0 Å². The molecule has 144 valence electrons. The summed E-state index contributed by atoms with van der Waals surface area (Å²) < 4.78 is 40.4. The molecule has 1 N–H and O–H groups in total. The Kier molecular flexibility index (Phi) is 5.75. The Hall–Kier alpha value is -3.19. The van der Waals surface area contributed by atoms with Crippen LogP contribution in [-0.4, -0.2) is 20.9 Å². The Morgan fingerprint density at radius 1 is 0.964 bits per heavy atom. The summed E-state index contributed by atoms with van der Waals surface area (Å²) in [5.74, 6) is -0.912. The molecule has 5 nitrogen and oxygen atoms in total. The minimum Gasteiger partial charge on any atom is -0.322 e. The molecule has 0 spiro atoms. The Morgan fingerprint density at radius 3 is 2.25 bits per heavy atom. The average Bonchev–Trinajstić information content (AvgIpc) is 2.69. The number of amides is 1. The van der Waals surface area contributed by atoms with Crippen molar-refractivity contribution < 1.29 is 17.6 Å². The maximum Gasteiger partial charge on any atom is 0.264 e. The van der Waals surface area contributed by atoms with Crippen LogP contribution >= 0.6 is 0 Å². The molecule has 7 heteroatoms. The van der Waals surface area contributed by atoms with Crippen molar-refractivity contribution in [3.05, 3.63) is 90.2 Å². The third kappa shape index (κ3) is 4.20. The highest BCUT2D eigenvalue weighted by molar-refractivity contribution is 7.92. The second kappa shape index (κ2) is 8.22. The fraction of sp³-hybridized carbons (Fsp3) is 0.0952. The monoisotopic (exact) mass is 398 g/mol. The van der Waals surface area contributed by atoms with Crippen molar-refractivity contribution in [3.63, 3.8) is 0 Å². The Balaban J connectivity index is 1.82. The maximum absolute atomic E-state index is 13.2. The summed E-state index contributed by atoms with van der Waals surface area (Å²) >= 11 is 0. The molecule has 0 aliphatic rings. The van der Waals surface area contributed by atoms with Crippen molar-refractivity contribution in [2.75, 3.05) is 16.2 Å². The third-order valence-corrected chi connectivity index (χ3v) is 6.04. The van der Waals surface area contributed by atoms with Gasteiger partial charge >= 0.3 is 0 Å². The van der Waals surface area contributed by atoms with Crippen LogP contribution < -0.4 is 9.62 Å². The van der Waals surface area contributed by atoms with Gasteiger partial charge in [-0.25, -0.2) is 12.8 Å². The highest BCUT2D eigenvalue weighted by atomic mass is 32.2. The van der Waals surface area contributed by atoms with Gasteiger partial charge in [-0.05, 0) is 61.5 Å². The molecule has 0 atom stereocenters. The second-order valence-electron chi connectivity index (χ2n) is 5.99. The van der Waals surface area contributed by atoms with Gasteiger partial charge < -0.3 is 5.32 Å². The summed E-state index contributed by atoms with van der Waals surface area (Å²) in [5.41, 5.74) is 1.16. The molecule has 0 heterocycles. The van der Waals surface area contributed by atoms with Gasteiger partial charge in [0.05, 0.1) is 10.6 Å². The van der Waals surface area contributed by atoms with Crippen LogP contribution in [0.15, 0.2) is 83.8 Å². The van der Waals surface area contributed by atoms with Crippen molar-refractivity contribution >= 4 is 27.3 Å². The number of sulfonamides is 1. The number of para-hydroxylation sites is 1. The fourth-order valence-electron chi connectivity index (χ4n) is 2.76. The summed E-state index contributed by atoms with van der Waals surface area (Å²) in [5, 5.41) is 2.58. The van der Waals surface area contributed by atoms with Gasteiger partial charge in [-0.15, -0.1) is 0 Å². The zero-order valence-corrected chi connectivity index (χ0v) is 16.0. The highest BCUT2D eigenvalue weighted by Gasteiger charge is 2.23. The Morgan fingerprint density at radius 2 is 1.64 bits per heavy atom. The van der Waals surface area contributed by atoms with E-state index in [-0.39, 0.29) is 17.0 Å². The molecule has 0 fully saturated rings. The van der Waals surface area contributed by atoms with Crippen LogP contribution in [0.4, 0.5) is 15.8 Å². The van der Waals surface area contributed by atoms with E-state index in [1.807, 2.05) is 6.07 Å². The molecular weight excluding hydrogens is 379 g/mol. The summed E-state index contributed by atoms with van der Waals surface area (Å²) in [6, 6.07) is 20.0. The lowest BCUT2D eigenvalue weighted by molar-refractivity contribution is 0.102. The first kappa shape index (κ1) is 19.6. The molecule has 0 saturated carbocycles. The van der Waals surface area contributed by atoms with Crippen LogP contribution in [0.3, 0.4) is 0 Å². The molecule has 0 saturated heterocycles. The minimum atomic E-state index is -3.76. The van der Waals surface area contributed by atoms with Crippen LogP contribution in [0.2, 0.25) is 0 Å². The topological polar surface area (TPSA) is 66.5 Å². The number of benzene rings is 3. The lowest BCUT2D eigenvalue weighted by atomic mass is 10.2. The van der Waals surface area contributed by atoms with E-state index in [9.17, 15) is 17.6 Å². The van der Waals surface area contributed by atoms with E-state index < -0.39 is 21.7 Å². The van der Waals surface area contributed by atoms with Crippen molar-refractivity contribution in [2.24, 2.45) is 0 Å². The van der Waals surface area contributed by atoms with Gasteiger partial charge in [-0.1, -0.05) is 24.3 Å². The molecule has 1 amide bonds. The van der Waals surface area contributed by atoms with Crippen molar-refractivity contribution in [1.82, 2.24) is 0 Å². The van der Waals surface area contributed by atoms with Gasteiger partial charge in [0, 0.05) is 17.8 Å². The molecule has 0 unspecified atom stereocenters. The van der Waals surface area contributed by atoms with E-state index in [2.05, 4.69) is 5.32 Å². The average molecular weight is 398 g/mol. The number of nitrogens with one attached hydrogen (secondary N) is 1. The summed E-state index contributed by atoms with van der Waals surface area (Å²) in [6.45, 7) is 2.03. The standard InChI is InChI=1S/C21H19FN2O3S/c1-2-24(19-9-4-3-5-10-19)28(26,27)20-13-11-16(12-14-20)21(25)23-18-8-6-7-17(22)15-18/h3-15H,2H2,1H3,(H,23,25). The van der Waals surface area contributed by atoms with Crippen LogP contribution in [0, 0.1) is 5.82 Å². The van der Waals surface area contributed by atoms with Crippen molar-refractivity contribution in [1.29, 1.82) is 0 Å². The third-order valence-electron chi connectivity index (χ3n) is 4.12. The first-order valence-corrected chi connectivity index (χ1v) is 10.1. The number of rotatable bonds is 6. The summed E-state index contributed by atoms with van der Waals surface area (Å²) in [4.78, 5) is 12.4. The number of carbonyl (C=O) groups is 1. The SMILES string of the molecule is CCN(c1ccccc1)S(=O)(=O)c1ccc(C(=O)Nc2cccc(F)c2)cc1. The number of carbonyl (C=O) groups excluding carboxylic acids is 1. The van der Waals surface area contributed by atoms with E-state index in [4.69, 9.17) is 0 Å². The first-order valence-electron chi connectivity index (χ1n) is 8.66. The largest absolute Gasteiger partial charge is 0.322 e. The van der Waals surface area contributed by atoms with E-state index in [0.717, 1.165) is 0 Å². The normalized spacial score (nSPS) is 11.1. The molecule has 28 heavy (non-hydrogen) atoms. The summed E-state index contributed by atoms with van der Waals surface area (Å²) in [6.07, 6.45) is 0. The molecule has 0 aromatic heterocycles. The predicted molar refractivity (Wildman–Crippen MR) is 107 cm³/mol. The smallest absolute Gasteiger partial charge is 0.264 e. The summed E-state index contributed by atoms with van der Waals surface area (Å²) in [7, 11) is -3.76. The van der Waals surface area contributed by atoms with E-state index in [1.165, 1.54) is 46.8 Å². The van der Waals surface area contributed by atoms with Gasteiger partial charge in [0.15, 0.2) is 0 Å². The predicted octanol–water partition coefficient (Wildman–Crippen LogP) is 4.29. The van der Waals surface area contributed by atoms with Crippen molar-refractivity contribution in [2.45, 2.75) is 11.8 Å². The number of hydrogen-bond acceptors (Lipinski definition) is 3. The molecule has 0 bridgehead atoms. The molecule has 3 aromatic carbocycles. The van der Waals surface area contributed by atoms with E-state index in [1.54, 1.807) is 37.3 Å². The van der Waals surface area contributed by atoms with Crippen molar-refractivity contribution in [3.8, 4) is 0 Å². The molecule has 3 aromatic rings. The Labute approximate surface area is 163 Å². The van der Waals surface area contributed by atoms with Gasteiger partial charge in [-0.3, -0.25) is 9.10 Å². The minimum absolute atomic E-state index is 0.0838. The fourth-order valence-corrected chi connectivity index (χ4v) is 4.23. The van der Waals surface area contributed by atoms with Gasteiger partial charge in [0.1, 0.15) is 5.82 Å². The highest BCUT2D eigenvalue weighted by Crippen LogP contribution is 2.23. The number of nitrogens with zero attached hydrogens (tertiary/aromatic N) is 1. The second-order valence-corrected chi connectivity index (χ2v) is 7.86. The molecule has 0 aliphatic heterocycles. The lowest BCUT2D eigenvalue weighted by Crippen LogP contribution is -2.30.